The summed E-state index contributed by atoms with van der Waals surface area (Å²) in [6.07, 6.45) is 5.56. The van der Waals surface area contributed by atoms with E-state index in [1.165, 1.54) is 14.2 Å². The van der Waals surface area contributed by atoms with Crippen molar-refractivity contribution in [1.29, 1.82) is 0 Å². The number of fused-ring (bicyclic) bond motifs is 2. The summed E-state index contributed by atoms with van der Waals surface area (Å²) in [4.78, 5) is 50.5. The Morgan fingerprint density at radius 2 is 0.964 bits per heavy atom. The summed E-state index contributed by atoms with van der Waals surface area (Å²) < 4.78 is 22.8. The van der Waals surface area contributed by atoms with Crippen molar-refractivity contribution in [3.63, 3.8) is 0 Å². The Bertz CT molecular complexity index is 1760. The second-order valence-electron chi connectivity index (χ2n) is 13.7. The zero-order chi connectivity index (χ0) is 40.1. The lowest BCUT2D eigenvalue weighted by Crippen LogP contribution is -2.41. The quantitative estimate of drug-likeness (QED) is 0.0444. The molecule has 2 atom stereocenters. The van der Waals surface area contributed by atoms with Crippen LogP contribution in [0.25, 0.3) is 32.7 Å². The minimum atomic E-state index is -0.688. The van der Waals surface area contributed by atoms with Gasteiger partial charge >= 0.3 is 11.9 Å². The molecule has 2 amide bonds. The maximum atomic E-state index is 12.9. The van der Waals surface area contributed by atoms with E-state index in [2.05, 4.69) is 45.4 Å². The maximum absolute atomic E-state index is 12.9. The fourth-order valence-electron chi connectivity index (χ4n) is 6.70. The number of amides is 2. The Kier molecular flexibility index (Phi) is 18.5. The lowest BCUT2D eigenvalue weighted by atomic mass is 9.92. The van der Waals surface area contributed by atoms with Crippen LogP contribution < -0.4 is 30.6 Å². The van der Waals surface area contributed by atoms with Gasteiger partial charge in [0.25, 0.3) is 0 Å². The summed E-state index contributed by atoms with van der Waals surface area (Å²) in [7, 11) is 6.41. The van der Waals surface area contributed by atoms with E-state index in [1.54, 1.807) is 0 Å². The van der Waals surface area contributed by atoms with Gasteiger partial charge in [-0.25, -0.2) is 9.59 Å². The molecule has 0 aliphatic rings. The number of hydrogen-bond donors (Lipinski definition) is 4. The monoisotopic (exact) mass is 766 g/mol. The van der Waals surface area contributed by atoms with Gasteiger partial charge in [-0.15, -0.1) is 0 Å². The van der Waals surface area contributed by atoms with Gasteiger partial charge in [0.15, 0.2) is 16.0 Å². The molecular formula is C42H56B2N4O8. The fourth-order valence-corrected chi connectivity index (χ4v) is 6.70. The molecule has 4 aromatic rings. The van der Waals surface area contributed by atoms with Gasteiger partial charge in [0.2, 0.25) is 11.8 Å². The fraction of sp³-hybridized carbons (Fsp3) is 0.429. The first-order valence-electron chi connectivity index (χ1n) is 19.6. The first-order valence-corrected chi connectivity index (χ1v) is 19.6. The van der Waals surface area contributed by atoms with E-state index >= 15 is 0 Å². The third-order valence-corrected chi connectivity index (χ3v) is 9.62. The predicted molar refractivity (Wildman–Crippen MR) is 225 cm³/mol. The van der Waals surface area contributed by atoms with Crippen molar-refractivity contribution in [2.24, 2.45) is 0 Å². The highest BCUT2D eigenvalue weighted by Crippen LogP contribution is 2.45. The Morgan fingerprint density at radius 1 is 0.554 bits per heavy atom. The van der Waals surface area contributed by atoms with Gasteiger partial charge in [0, 0.05) is 24.0 Å². The Balaban J connectivity index is 1.49. The van der Waals surface area contributed by atoms with Crippen LogP contribution in [-0.2, 0) is 28.7 Å². The second kappa shape index (κ2) is 23.8. The molecule has 0 aliphatic carbocycles. The van der Waals surface area contributed by atoms with Crippen molar-refractivity contribution in [3.8, 4) is 22.6 Å². The topological polar surface area (TPSA) is 153 Å². The summed E-state index contributed by atoms with van der Waals surface area (Å²) in [5.41, 5.74) is 1.73. The molecule has 0 fully saturated rings. The van der Waals surface area contributed by atoms with Crippen LogP contribution in [0.5, 0.6) is 11.5 Å². The zero-order valence-electron chi connectivity index (χ0n) is 33.2. The highest BCUT2D eigenvalue weighted by molar-refractivity contribution is 6.09. The number of benzene rings is 4. The van der Waals surface area contributed by atoms with E-state index in [0.717, 1.165) is 71.4 Å². The van der Waals surface area contributed by atoms with Crippen LogP contribution in [0.3, 0.4) is 0 Å². The van der Waals surface area contributed by atoms with Crippen molar-refractivity contribution < 1.29 is 38.1 Å². The lowest BCUT2D eigenvalue weighted by molar-refractivity contribution is -0.145. The average Bonchev–Trinajstić information content (AvgIpc) is 3.22. The summed E-state index contributed by atoms with van der Waals surface area (Å²) in [6.45, 7) is 2.20. The molecular weight excluding hydrogens is 710 g/mol. The molecule has 0 spiro atoms. The summed E-state index contributed by atoms with van der Waals surface area (Å²) in [5.74, 6) is -0.0832. The van der Waals surface area contributed by atoms with Gasteiger partial charge in [-0.1, -0.05) is 60.7 Å². The molecule has 0 heterocycles. The van der Waals surface area contributed by atoms with Crippen molar-refractivity contribution >= 4 is 61.3 Å². The number of hydrogen-bond acceptors (Lipinski definition) is 10. The summed E-state index contributed by atoms with van der Waals surface area (Å²) in [6, 6.07) is 22.7. The first kappa shape index (κ1) is 43.7. The molecule has 14 heteroatoms. The van der Waals surface area contributed by atoms with E-state index in [-0.39, 0.29) is 37.9 Å². The number of ether oxygens (including phenoxy) is 4. The van der Waals surface area contributed by atoms with Crippen LogP contribution >= 0.6 is 0 Å². The van der Waals surface area contributed by atoms with Gasteiger partial charge in [0.05, 0.1) is 27.4 Å². The normalized spacial score (nSPS) is 12.1. The van der Waals surface area contributed by atoms with Crippen LogP contribution in [0.4, 0.5) is 0 Å². The van der Waals surface area contributed by atoms with Crippen LogP contribution in [0, 0.1) is 0 Å². The van der Waals surface area contributed by atoms with E-state index in [9.17, 15) is 19.2 Å². The van der Waals surface area contributed by atoms with Crippen LogP contribution in [-0.4, -0.2) is 92.3 Å². The lowest BCUT2D eigenvalue weighted by Gasteiger charge is -2.20. The Hall–Kier alpha value is -5.07. The third kappa shape index (κ3) is 13.0. The zero-order valence-corrected chi connectivity index (χ0v) is 33.2. The van der Waals surface area contributed by atoms with Crippen molar-refractivity contribution in [2.45, 2.75) is 76.3 Å². The number of nitrogens with one attached hydrogen (secondary N) is 4. The van der Waals surface area contributed by atoms with Crippen LogP contribution in [0.2, 0.25) is 0 Å². The van der Waals surface area contributed by atoms with Crippen LogP contribution in [0.15, 0.2) is 72.8 Å². The first-order chi connectivity index (χ1) is 27.3. The molecule has 4 rings (SSSR count). The van der Waals surface area contributed by atoms with Crippen LogP contribution in [0.1, 0.15) is 64.2 Å². The molecule has 0 saturated heterocycles. The molecule has 0 aromatic heterocycles. The third-order valence-electron chi connectivity index (χ3n) is 9.62. The second-order valence-corrected chi connectivity index (χ2v) is 13.7. The van der Waals surface area contributed by atoms with Gasteiger partial charge in [-0.2, -0.15) is 0 Å². The molecule has 298 valence electrons. The van der Waals surface area contributed by atoms with Gasteiger partial charge in [-0.05, 0) is 98.1 Å². The molecule has 0 aliphatic heterocycles. The summed E-state index contributed by atoms with van der Waals surface area (Å²) in [5, 5.41) is 15.9. The van der Waals surface area contributed by atoms with E-state index in [4.69, 9.17) is 18.9 Å². The largest absolute Gasteiger partial charge is 0.493 e. The number of esters is 2. The molecule has 56 heavy (non-hydrogen) atoms. The van der Waals surface area contributed by atoms with Crippen molar-refractivity contribution in [2.75, 3.05) is 40.5 Å². The Morgan fingerprint density at radius 3 is 1.36 bits per heavy atom. The molecule has 0 unspecified atom stereocenters. The number of unbranched alkanes of at least 4 members (excludes halogenated alkanes) is 2. The van der Waals surface area contributed by atoms with Gasteiger partial charge in [-0.3, -0.25) is 9.59 Å². The molecule has 0 bridgehead atoms. The standard InChI is InChI=1S/C42H56B2N4O8/c1-53-41(51)33(17-7-9-25-45-43)47-37(49)19-11-27-55-35-23-21-29-13-3-5-15-31(29)39(35)40-32-16-6-4-14-30(32)22-24-36(40)56-28-12-20-38(50)48-34(42(52)54-2)18-8-10-26-46-44/h3-6,13-16,21-24,33-34,45-46H,7-12,17-20,25-28,43-44H2,1-2H3,(H,47,49)(H,48,50)/t33-,34-/m1/s1. The molecule has 4 N–H and O–H groups in total. The van der Waals surface area contributed by atoms with Gasteiger partial charge in [0.1, 0.15) is 23.6 Å². The van der Waals surface area contributed by atoms with E-state index in [1.807, 2.05) is 64.5 Å². The highest BCUT2D eigenvalue weighted by atomic mass is 16.5. The minimum Gasteiger partial charge on any atom is -0.493 e. The average molecular weight is 767 g/mol. The number of carbonyl (C=O) groups is 4. The molecule has 12 nitrogen and oxygen atoms in total. The summed E-state index contributed by atoms with van der Waals surface area (Å²) >= 11 is 0. The maximum Gasteiger partial charge on any atom is 0.328 e. The number of carbonyl (C=O) groups excluding carboxylic acids is 4. The molecule has 0 saturated carbocycles. The number of methoxy groups -OCH3 is 2. The Labute approximate surface area is 332 Å². The SMILES string of the molecule is BNCCCC[C@@H](NC(=O)CCCOc1ccc2ccccc2c1-c1c(OCCCC(=O)N[C@H](CCCCNB)C(=O)OC)ccc2ccccc12)C(=O)OC. The van der Waals surface area contributed by atoms with E-state index in [0.29, 0.717) is 37.2 Å². The van der Waals surface area contributed by atoms with Crippen molar-refractivity contribution in [1.82, 2.24) is 21.1 Å². The smallest absolute Gasteiger partial charge is 0.328 e. The molecule has 0 radical (unpaired) electrons. The number of rotatable bonds is 25. The van der Waals surface area contributed by atoms with E-state index < -0.39 is 24.0 Å². The van der Waals surface area contributed by atoms with Crippen molar-refractivity contribution in [3.05, 3.63) is 72.8 Å². The molecule has 4 aromatic carbocycles. The predicted octanol–water partition coefficient (Wildman–Crippen LogP) is 3.91. The van der Waals surface area contributed by atoms with Gasteiger partial charge < -0.3 is 40.0 Å². The minimum absolute atomic E-state index is 0.180. The highest BCUT2D eigenvalue weighted by Gasteiger charge is 2.23.